The van der Waals surface area contributed by atoms with E-state index in [0.717, 1.165) is 6.07 Å². The summed E-state index contributed by atoms with van der Waals surface area (Å²) in [5.41, 5.74) is 0.628. The number of hydrogen-bond donors (Lipinski definition) is 0. The van der Waals surface area contributed by atoms with Gasteiger partial charge < -0.3 is 4.74 Å². The summed E-state index contributed by atoms with van der Waals surface area (Å²) in [5.74, 6) is -1.67. The quantitative estimate of drug-likeness (QED) is 0.316. The van der Waals surface area contributed by atoms with Crippen LogP contribution in [0, 0.1) is 11.6 Å². The van der Waals surface area contributed by atoms with Crippen molar-refractivity contribution >= 4 is 45.1 Å². The molecule has 0 fully saturated rings. The zero-order valence-electron chi connectivity index (χ0n) is 14.5. The molecular weight excluding hydrogens is 477 g/mol. The highest BCUT2D eigenvalue weighted by Crippen LogP contribution is 2.34. The predicted molar refractivity (Wildman–Crippen MR) is 108 cm³/mol. The zero-order valence-corrected chi connectivity index (χ0v) is 17.6. The molecule has 0 N–H and O–H groups in total. The number of alkyl halides is 1. The number of carbonyl (C=O) groups is 1. The van der Waals surface area contributed by atoms with Crippen LogP contribution in [0.4, 0.5) is 8.78 Å². The lowest BCUT2D eigenvalue weighted by atomic mass is 10.1. The number of nitrogens with zero attached hydrogens (tertiary/aromatic N) is 2. The van der Waals surface area contributed by atoms with E-state index < -0.39 is 17.6 Å². The van der Waals surface area contributed by atoms with Gasteiger partial charge in [-0.25, -0.2) is 18.6 Å². The van der Waals surface area contributed by atoms with E-state index in [4.69, 9.17) is 27.9 Å². The van der Waals surface area contributed by atoms with Crippen molar-refractivity contribution in [1.29, 1.82) is 0 Å². The van der Waals surface area contributed by atoms with Crippen LogP contribution >= 0.6 is 39.1 Å². The molecule has 3 rings (SSSR count). The molecule has 1 aromatic heterocycles. The molecule has 0 saturated carbocycles. The van der Waals surface area contributed by atoms with Gasteiger partial charge in [0.15, 0.2) is 11.5 Å². The predicted octanol–water partition coefficient (Wildman–Crippen LogP) is 6.20. The Hall–Kier alpha value is -1.96. The van der Waals surface area contributed by atoms with Crippen molar-refractivity contribution in [2.75, 3.05) is 6.61 Å². The number of imidazole rings is 1. The van der Waals surface area contributed by atoms with Gasteiger partial charge in [-0.1, -0.05) is 45.2 Å². The second-order valence-electron chi connectivity index (χ2n) is 5.62. The number of ether oxygens (including phenoxy) is 1. The van der Waals surface area contributed by atoms with Gasteiger partial charge in [-0.05, 0) is 37.3 Å². The van der Waals surface area contributed by atoms with Gasteiger partial charge in [-0.15, -0.1) is 0 Å². The van der Waals surface area contributed by atoms with Crippen molar-refractivity contribution in [3.05, 3.63) is 69.6 Å². The number of esters is 1. The molecule has 9 heteroatoms. The molecule has 1 heterocycles. The third-order valence-electron chi connectivity index (χ3n) is 3.90. The molecule has 4 nitrogen and oxygen atoms in total. The smallest absolute Gasteiger partial charge is 0.359 e. The minimum Gasteiger partial charge on any atom is -0.461 e. The third kappa shape index (κ3) is 3.79. The molecule has 0 aliphatic carbocycles. The molecule has 0 atom stereocenters. The lowest BCUT2D eigenvalue weighted by Crippen LogP contribution is -2.08. The summed E-state index contributed by atoms with van der Waals surface area (Å²) in [6, 6.07) is 8.41. The Morgan fingerprint density at radius 2 is 1.96 bits per heavy atom. The van der Waals surface area contributed by atoms with Crippen molar-refractivity contribution in [2.24, 2.45) is 0 Å². The molecule has 0 unspecified atom stereocenters. The van der Waals surface area contributed by atoms with E-state index in [2.05, 4.69) is 20.9 Å². The number of benzene rings is 2. The number of halogens is 5. The first-order valence-corrected chi connectivity index (χ1v) is 10.0. The topological polar surface area (TPSA) is 44.1 Å². The van der Waals surface area contributed by atoms with Crippen molar-refractivity contribution in [1.82, 2.24) is 9.55 Å². The van der Waals surface area contributed by atoms with E-state index in [0.29, 0.717) is 11.4 Å². The Kier molecular flexibility index (Phi) is 6.37. The first kappa shape index (κ1) is 20.8. The van der Waals surface area contributed by atoms with Crippen LogP contribution < -0.4 is 0 Å². The molecule has 28 heavy (non-hydrogen) atoms. The SMILES string of the molecule is CCOC(=O)c1nc(CBr)n(-c2cccc(Cl)c2F)c1-c1ccc(F)c(Cl)c1. The van der Waals surface area contributed by atoms with Crippen molar-refractivity contribution in [2.45, 2.75) is 12.3 Å². The minimum atomic E-state index is -0.693. The van der Waals surface area contributed by atoms with Gasteiger partial charge in [0.2, 0.25) is 0 Å². The Morgan fingerprint density at radius 3 is 2.61 bits per heavy atom. The van der Waals surface area contributed by atoms with Crippen LogP contribution in [-0.2, 0) is 10.1 Å². The lowest BCUT2D eigenvalue weighted by Gasteiger charge is -2.14. The van der Waals surface area contributed by atoms with Crippen LogP contribution in [0.3, 0.4) is 0 Å². The molecule has 3 aromatic rings. The van der Waals surface area contributed by atoms with E-state index in [1.807, 2.05) is 0 Å². The van der Waals surface area contributed by atoms with Crippen molar-refractivity contribution in [3.8, 4) is 16.9 Å². The summed E-state index contributed by atoms with van der Waals surface area (Å²) in [6.45, 7) is 1.79. The molecule has 0 aliphatic heterocycles. The molecule has 0 saturated heterocycles. The number of carbonyl (C=O) groups excluding carboxylic acids is 1. The Balaban J connectivity index is 2.38. The molecule has 0 amide bonds. The van der Waals surface area contributed by atoms with Crippen molar-refractivity contribution in [3.63, 3.8) is 0 Å². The molecule has 2 aromatic carbocycles. The maximum Gasteiger partial charge on any atom is 0.359 e. The highest BCUT2D eigenvalue weighted by Gasteiger charge is 2.27. The maximum atomic E-state index is 14.8. The minimum absolute atomic E-state index is 0.0432. The second-order valence-corrected chi connectivity index (χ2v) is 6.99. The van der Waals surface area contributed by atoms with Gasteiger partial charge in [0.1, 0.15) is 11.6 Å². The first-order chi connectivity index (χ1) is 13.4. The highest BCUT2D eigenvalue weighted by molar-refractivity contribution is 9.08. The largest absolute Gasteiger partial charge is 0.461 e. The van der Waals surface area contributed by atoms with Crippen LogP contribution in [-0.4, -0.2) is 22.1 Å². The van der Waals surface area contributed by atoms with Crippen molar-refractivity contribution < 1.29 is 18.3 Å². The van der Waals surface area contributed by atoms with E-state index in [1.165, 1.54) is 28.8 Å². The van der Waals surface area contributed by atoms with Crippen LogP contribution in [0.15, 0.2) is 36.4 Å². The average Bonchev–Trinajstić information content (AvgIpc) is 3.06. The Bertz CT molecular complexity index is 1060. The Morgan fingerprint density at radius 1 is 1.21 bits per heavy atom. The monoisotopic (exact) mass is 488 g/mol. The highest BCUT2D eigenvalue weighted by atomic mass is 79.9. The lowest BCUT2D eigenvalue weighted by molar-refractivity contribution is 0.0521. The van der Waals surface area contributed by atoms with Crippen LogP contribution in [0.2, 0.25) is 10.0 Å². The summed E-state index contributed by atoms with van der Waals surface area (Å²) in [6.07, 6.45) is 0. The molecule has 0 bridgehead atoms. The van der Waals surface area contributed by atoms with Gasteiger partial charge in [-0.2, -0.15) is 0 Å². The van der Waals surface area contributed by atoms with Crippen LogP contribution in [0.25, 0.3) is 16.9 Å². The fourth-order valence-electron chi connectivity index (χ4n) is 2.73. The van der Waals surface area contributed by atoms with E-state index in [1.54, 1.807) is 13.0 Å². The van der Waals surface area contributed by atoms with Gasteiger partial charge in [0.05, 0.1) is 33.4 Å². The third-order valence-corrected chi connectivity index (χ3v) is 4.98. The number of rotatable bonds is 5. The van der Waals surface area contributed by atoms with E-state index in [9.17, 15) is 13.6 Å². The van der Waals surface area contributed by atoms with Gasteiger partial charge in [0, 0.05) is 5.56 Å². The van der Waals surface area contributed by atoms with E-state index in [-0.39, 0.29) is 39.1 Å². The summed E-state index contributed by atoms with van der Waals surface area (Å²) >= 11 is 15.2. The summed E-state index contributed by atoms with van der Waals surface area (Å²) in [5, 5.41) is -0.0279. The number of aromatic nitrogens is 2. The van der Waals surface area contributed by atoms with Crippen LogP contribution in [0.1, 0.15) is 23.2 Å². The maximum absolute atomic E-state index is 14.8. The van der Waals surface area contributed by atoms with Gasteiger partial charge in [-0.3, -0.25) is 4.57 Å². The molecular formula is C19H13BrCl2F2N2O2. The summed E-state index contributed by atoms with van der Waals surface area (Å²) in [4.78, 5) is 16.8. The van der Waals surface area contributed by atoms with Gasteiger partial charge in [0.25, 0.3) is 0 Å². The first-order valence-electron chi connectivity index (χ1n) is 8.13. The second kappa shape index (κ2) is 8.59. The molecule has 0 radical (unpaired) electrons. The van der Waals surface area contributed by atoms with Gasteiger partial charge >= 0.3 is 5.97 Å². The molecule has 0 aliphatic rings. The fraction of sp³-hybridized carbons (Fsp3) is 0.158. The van der Waals surface area contributed by atoms with E-state index >= 15 is 0 Å². The molecule has 0 spiro atoms. The number of hydrogen-bond acceptors (Lipinski definition) is 3. The standard InChI is InChI=1S/C19H13BrCl2F2N2O2/c1-2-28-19(27)17-18(10-6-7-13(23)12(22)8-10)26(15(9-20)25-17)14-5-3-4-11(21)16(14)24/h3-8H,2,9H2,1H3. The molecule has 146 valence electrons. The normalized spacial score (nSPS) is 10.9. The Labute approximate surface area is 178 Å². The summed E-state index contributed by atoms with van der Waals surface area (Å²) < 4.78 is 35.0. The average molecular weight is 490 g/mol. The van der Waals surface area contributed by atoms with Crippen LogP contribution in [0.5, 0.6) is 0 Å². The zero-order chi connectivity index (χ0) is 20.4. The fourth-order valence-corrected chi connectivity index (χ4v) is 3.46. The summed E-state index contributed by atoms with van der Waals surface area (Å²) in [7, 11) is 0.